The van der Waals surface area contributed by atoms with Gasteiger partial charge in [0, 0.05) is 0 Å². The minimum Gasteiger partial charge on any atom is -0.330 e. The highest BCUT2D eigenvalue weighted by molar-refractivity contribution is 5.77. The Morgan fingerprint density at radius 1 is 1.57 bits per heavy atom. The third kappa shape index (κ3) is 2.69. The lowest BCUT2D eigenvalue weighted by Crippen LogP contribution is -2.39. The topological polar surface area (TPSA) is 55.6 Å². The molecular formula is C10H20N2O2. The summed E-state index contributed by atoms with van der Waals surface area (Å²) < 4.78 is 0. The average molecular weight is 200 g/mol. The lowest BCUT2D eigenvalue weighted by molar-refractivity contribution is -0.198. The summed E-state index contributed by atoms with van der Waals surface area (Å²) in [7, 11) is 0. The fourth-order valence-electron chi connectivity index (χ4n) is 1.41. The first-order valence-corrected chi connectivity index (χ1v) is 4.95. The zero-order valence-electron chi connectivity index (χ0n) is 9.46. The minimum atomic E-state index is -0.359. The number of nitrogens with zero attached hydrogens (tertiary/aromatic N) is 1. The summed E-state index contributed by atoms with van der Waals surface area (Å²) >= 11 is 0. The van der Waals surface area contributed by atoms with Crippen LogP contribution < -0.4 is 5.73 Å². The van der Waals surface area contributed by atoms with Gasteiger partial charge in [-0.2, -0.15) is 0 Å². The Hall–Kier alpha value is -0.610. The van der Waals surface area contributed by atoms with Crippen molar-refractivity contribution in [2.75, 3.05) is 13.1 Å². The van der Waals surface area contributed by atoms with E-state index in [1.54, 1.807) is 0 Å². The quantitative estimate of drug-likeness (QED) is 0.737. The lowest BCUT2D eigenvalue weighted by atomic mass is 9.94. The maximum absolute atomic E-state index is 11.5. The van der Waals surface area contributed by atoms with Crippen LogP contribution in [0.25, 0.3) is 0 Å². The molecule has 4 nitrogen and oxygen atoms in total. The van der Waals surface area contributed by atoms with Gasteiger partial charge in [0.2, 0.25) is 5.91 Å². The van der Waals surface area contributed by atoms with Crippen LogP contribution >= 0.6 is 0 Å². The zero-order valence-corrected chi connectivity index (χ0v) is 9.46. The van der Waals surface area contributed by atoms with Gasteiger partial charge in [-0.05, 0) is 25.8 Å². The third-order valence-electron chi connectivity index (χ3n) is 2.34. The van der Waals surface area contributed by atoms with Gasteiger partial charge in [0.15, 0.2) is 0 Å². The molecule has 14 heavy (non-hydrogen) atoms. The molecule has 2 N–H and O–H groups in total. The van der Waals surface area contributed by atoms with Crippen LogP contribution in [0.1, 0.15) is 34.1 Å². The van der Waals surface area contributed by atoms with E-state index in [0.29, 0.717) is 19.5 Å². The van der Waals surface area contributed by atoms with Crippen LogP contribution in [0.4, 0.5) is 0 Å². The molecule has 0 aliphatic carbocycles. The maximum Gasteiger partial charge on any atom is 0.249 e. The molecule has 0 unspecified atom stereocenters. The predicted molar refractivity (Wildman–Crippen MR) is 54.3 cm³/mol. The number of hydroxylamine groups is 2. The Kier molecular flexibility index (Phi) is 2.88. The second kappa shape index (κ2) is 3.51. The van der Waals surface area contributed by atoms with Crippen molar-refractivity contribution in [2.45, 2.75) is 39.7 Å². The summed E-state index contributed by atoms with van der Waals surface area (Å²) in [6, 6.07) is 0. The Balaban J connectivity index is 2.60. The van der Waals surface area contributed by atoms with Crippen molar-refractivity contribution in [1.29, 1.82) is 0 Å². The molecule has 82 valence electrons. The van der Waals surface area contributed by atoms with Gasteiger partial charge in [-0.3, -0.25) is 9.63 Å². The third-order valence-corrected chi connectivity index (χ3v) is 2.34. The highest BCUT2D eigenvalue weighted by Crippen LogP contribution is 2.28. The molecule has 1 aliphatic rings. The van der Waals surface area contributed by atoms with Gasteiger partial charge in [0.1, 0.15) is 0 Å². The van der Waals surface area contributed by atoms with Crippen molar-refractivity contribution in [2.24, 2.45) is 11.1 Å². The van der Waals surface area contributed by atoms with Crippen molar-refractivity contribution >= 4 is 5.91 Å². The molecule has 1 rings (SSSR count). The molecule has 0 spiro atoms. The smallest absolute Gasteiger partial charge is 0.249 e. The number of rotatable bonds is 3. The summed E-state index contributed by atoms with van der Waals surface area (Å²) in [5, 5.41) is 1.45. The van der Waals surface area contributed by atoms with E-state index in [9.17, 15) is 4.79 Å². The van der Waals surface area contributed by atoms with Gasteiger partial charge in [-0.15, -0.1) is 0 Å². The van der Waals surface area contributed by atoms with Crippen LogP contribution in [-0.4, -0.2) is 29.7 Å². The summed E-state index contributed by atoms with van der Waals surface area (Å²) in [5.74, 6) is 0.0523. The molecule has 1 saturated heterocycles. The van der Waals surface area contributed by atoms with E-state index in [-0.39, 0.29) is 16.9 Å². The maximum atomic E-state index is 11.5. The van der Waals surface area contributed by atoms with Gasteiger partial charge in [0.05, 0.1) is 18.6 Å². The number of amides is 1. The summed E-state index contributed by atoms with van der Waals surface area (Å²) in [4.78, 5) is 17.1. The molecule has 1 fully saturated rings. The van der Waals surface area contributed by atoms with Crippen molar-refractivity contribution in [3.8, 4) is 0 Å². The molecule has 0 aromatic carbocycles. The fraction of sp³-hybridized carbons (Fsp3) is 0.900. The van der Waals surface area contributed by atoms with Gasteiger partial charge in [-0.25, -0.2) is 5.06 Å². The molecule has 0 radical (unpaired) electrons. The van der Waals surface area contributed by atoms with Crippen LogP contribution in [0.5, 0.6) is 0 Å². The number of hydrogen-bond acceptors (Lipinski definition) is 3. The Morgan fingerprint density at radius 3 is 2.50 bits per heavy atom. The van der Waals surface area contributed by atoms with Gasteiger partial charge >= 0.3 is 0 Å². The first-order valence-electron chi connectivity index (χ1n) is 4.95. The van der Waals surface area contributed by atoms with Crippen LogP contribution in [0.15, 0.2) is 0 Å². The van der Waals surface area contributed by atoms with Gasteiger partial charge in [-0.1, -0.05) is 13.8 Å². The van der Waals surface area contributed by atoms with E-state index in [1.807, 2.05) is 27.7 Å². The molecule has 1 amide bonds. The van der Waals surface area contributed by atoms with Crippen molar-refractivity contribution < 1.29 is 9.63 Å². The average Bonchev–Trinajstić information content (AvgIpc) is 2.24. The fourth-order valence-corrected chi connectivity index (χ4v) is 1.41. The normalized spacial score (nSPS) is 21.8. The Morgan fingerprint density at radius 2 is 2.14 bits per heavy atom. The lowest BCUT2D eigenvalue weighted by Gasteiger charge is -2.29. The summed E-state index contributed by atoms with van der Waals surface area (Å²) in [6.07, 6.45) is 0.452. The van der Waals surface area contributed by atoms with Crippen molar-refractivity contribution in [3.05, 3.63) is 0 Å². The number of nitrogens with two attached hydrogens (primary N) is 1. The van der Waals surface area contributed by atoms with Gasteiger partial charge in [0.25, 0.3) is 0 Å². The summed E-state index contributed by atoms with van der Waals surface area (Å²) in [5.41, 5.74) is 5.16. The van der Waals surface area contributed by atoms with E-state index < -0.39 is 0 Å². The molecular weight excluding hydrogens is 180 g/mol. The SMILES string of the molecule is CC(C)(CN)CN1OC(C)(C)CC1=O. The van der Waals surface area contributed by atoms with Crippen LogP contribution in [-0.2, 0) is 9.63 Å². The van der Waals surface area contributed by atoms with Crippen LogP contribution in [0, 0.1) is 5.41 Å². The molecule has 1 heterocycles. The van der Waals surface area contributed by atoms with E-state index in [2.05, 4.69) is 0 Å². The van der Waals surface area contributed by atoms with Crippen LogP contribution in [0.3, 0.4) is 0 Å². The second-order valence-electron chi connectivity index (χ2n) is 5.33. The van der Waals surface area contributed by atoms with Crippen molar-refractivity contribution in [3.63, 3.8) is 0 Å². The Labute approximate surface area is 85.3 Å². The molecule has 0 atom stereocenters. The highest BCUT2D eigenvalue weighted by Gasteiger charge is 2.39. The molecule has 0 aromatic rings. The van der Waals surface area contributed by atoms with E-state index in [0.717, 1.165) is 0 Å². The molecule has 0 bridgehead atoms. The minimum absolute atomic E-state index is 0.0523. The van der Waals surface area contributed by atoms with E-state index in [1.165, 1.54) is 5.06 Å². The first kappa shape index (κ1) is 11.5. The van der Waals surface area contributed by atoms with E-state index >= 15 is 0 Å². The number of hydrogen-bond donors (Lipinski definition) is 1. The second-order valence-corrected chi connectivity index (χ2v) is 5.33. The number of carbonyl (C=O) groups excluding carboxylic acids is 1. The summed E-state index contributed by atoms with van der Waals surface area (Å²) in [6.45, 7) is 8.98. The number of carbonyl (C=O) groups is 1. The van der Waals surface area contributed by atoms with Crippen LogP contribution in [0.2, 0.25) is 0 Å². The molecule has 0 aromatic heterocycles. The zero-order chi connectivity index (χ0) is 11.0. The molecule has 1 aliphatic heterocycles. The van der Waals surface area contributed by atoms with E-state index in [4.69, 9.17) is 10.6 Å². The Bertz CT molecular complexity index is 236. The standard InChI is InChI=1S/C10H20N2O2/c1-9(2,6-11)7-12-8(13)5-10(3,4)14-12/h5-7,11H2,1-4H3. The molecule has 4 heteroatoms. The highest BCUT2D eigenvalue weighted by atomic mass is 16.7. The molecule has 0 saturated carbocycles. The monoisotopic (exact) mass is 200 g/mol. The largest absolute Gasteiger partial charge is 0.330 e. The first-order chi connectivity index (χ1) is 6.26. The predicted octanol–water partition coefficient (Wildman–Crippen LogP) is 0.914. The van der Waals surface area contributed by atoms with Crippen molar-refractivity contribution in [1.82, 2.24) is 5.06 Å². The van der Waals surface area contributed by atoms with Gasteiger partial charge < -0.3 is 5.73 Å².